The van der Waals surface area contributed by atoms with E-state index in [1.165, 1.54) is 7.11 Å². The van der Waals surface area contributed by atoms with Crippen LogP contribution in [0.2, 0.25) is 0 Å². The van der Waals surface area contributed by atoms with Crippen LogP contribution in [0.5, 0.6) is 5.88 Å². The number of nitrogens with zero attached hydrogens (tertiary/aromatic N) is 3. The number of rotatable bonds is 4. The highest BCUT2D eigenvalue weighted by Gasteiger charge is 2.27. The maximum atomic E-state index is 11.5. The van der Waals surface area contributed by atoms with E-state index in [0.717, 1.165) is 31.5 Å². The summed E-state index contributed by atoms with van der Waals surface area (Å²) in [5.74, 6) is 0.992. The quantitative estimate of drug-likeness (QED) is 0.782. The van der Waals surface area contributed by atoms with Crippen molar-refractivity contribution in [1.82, 2.24) is 9.97 Å². The second kappa shape index (κ2) is 6.54. The van der Waals surface area contributed by atoms with Crippen LogP contribution in [-0.2, 0) is 9.53 Å². The van der Waals surface area contributed by atoms with Crippen molar-refractivity contribution in [1.29, 1.82) is 0 Å². The summed E-state index contributed by atoms with van der Waals surface area (Å²) < 4.78 is 9.97. The van der Waals surface area contributed by atoms with Gasteiger partial charge in [-0.25, -0.2) is 4.98 Å². The minimum absolute atomic E-state index is 0.0997. The fraction of sp³-hybridized carbons (Fsp3) is 0.643. The van der Waals surface area contributed by atoms with Crippen molar-refractivity contribution < 1.29 is 14.3 Å². The molecule has 0 radical (unpaired) electrons. The maximum Gasteiger partial charge on any atom is 0.307 e. The van der Waals surface area contributed by atoms with Crippen LogP contribution in [0.4, 0.5) is 5.95 Å². The lowest BCUT2D eigenvalue weighted by molar-refractivity contribution is -0.141. The Kier molecular flexibility index (Phi) is 4.76. The Bertz CT molecular complexity index is 479. The van der Waals surface area contributed by atoms with E-state index in [2.05, 4.69) is 14.9 Å². The number of piperidine rings is 1. The molecule has 1 aromatic rings. The molecular formula is C14H21N3O3. The molecule has 110 valence electrons. The zero-order valence-corrected chi connectivity index (χ0v) is 12.3. The molecule has 2 rings (SSSR count). The Labute approximate surface area is 119 Å². The summed E-state index contributed by atoms with van der Waals surface area (Å²) in [4.78, 5) is 22.5. The number of ether oxygens (including phenoxy) is 2. The molecule has 0 saturated carbocycles. The van der Waals surface area contributed by atoms with Gasteiger partial charge in [0, 0.05) is 24.3 Å². The summed E-state index contributed by atoms with van der Waals surface area (Å²) in [5.41, 5.74) is 0.856. The van der Waals surface area contributed by atoms with Gasteiger partial charge in [0.05, 0.1) is 20.6 Å². The predicted octanol–water partition coefficient (Wildman–Crippen LogP) is 1.72. The third-order valence-corrected chi connectivity index (χ3v) is 3.54. The summed E-state index contributed by atoms with van der Waals surface area (Å²) >= 11 is 0. The van der Waals surface area contributed by atoms with Gasteiger partial charge in [0.1, 0.15) is 0 Å². The standard InChI is InChI=1S/C14H21N3O3/c1-10-8-12(19-2)16-14(15-10)17-7-5-4-6-11(17)9-13(18)20-3/h8,11H,4-7,9H2,1-3H3. The van der Waals surface area contributed by atoms with E-state index in [1.54, 1.807) is 13.2 Å². The molecule has 1 fully saturated rings. The maximum absolute atomic E-state index is 11.5. The minimum Gasteiger partial charge on any atom is -0.481 e. The molecule has 1 aromatic heterocycles. The molecule has 0 aliphatic carbocycles. The number of esters is 1. The largest absolute Gasteiger partial charge is 0.481 e. The van der Waals surface area contributed by atoms with Crippen LogP contribution in [0.1, 0.15) is 31.4 Å². The Morgan fingerprint density at radius 3 is 2.90 bits per heavy atom. The Balaban J connectivity index is 2.22. The van der Waals surface area contributed by atoms with Crippen LogP contribution in [-0.4, -0.2) is 42.7 Å². The van der Waals surface area contributed by atoms with Gasteiger partial charge in [0.2, 0.25) is 11.8 Å². The molecule has 0 aromatic carbocycles. The summed E-state index contributed by atoms with van der Waals surface area (Å²) in [6, 6.07) is 1.89. The lowest BCUT2D eigenvalue weighted by atomic mass is 10.00. The van der Waals surface area contributed by atoms with E-state index in [4.69, 9.17) is 9.47 Å². The number of hydrogen-bond donors (Lipinski definition) is 0. The van der Waals surface area contributed by atoms with Gasteiger partial charge in [-0.05, 0) is 26.2 Å². The summed E-state index contributed by atoms with van der Waals surface area (Å²) in [6.45, 7) is 2.77. The van der Waals surface area contributed by atoms with Gasteiger partial charge in [-0.15, -0.1) is 0 Å². The normalized spacial score (nSPS) is 18.8. The molecule has 1 aliphatic heterocycles. The fourth-order valence-electron chi connectivity index (χ4n) is 2.51. The van der Waals surface area contributed by atoms with Crippen molar-refractivity contribution in [3.05, 3.63) is 11.8 Å². The number of anilines is 1. The van der Waals surface area contributed by atoms with Crippen LogP contribution in [0.3, 0.4) is 0 Å². The lowest BCUT2D eigenvalue weighted by Gasteiger charge is -2.35. The molecule has 0 spiro atoms. The lowest BCUT2D eigenvalue weighted by Crippen LogP contribution is -2.42. The van der Waals surface area contributed by atoms with E-state index in [-0.39, 0.29) is 12.0 Å². The highest BCUT2D eigenvalue weighted by Crippen LogP contribution is 2.25. The van der Waals surface area contributed by atoms with E-state index >= 15 is 0 Å². The molecule has 1 atom stereocenters. The van der Waals surface area contributed by atoms with Gasteiger partial charge >= 0.3 is 5.97 Å². The van der Waals surface area contributed by atoms with Crippen molar-refractivity contribution in [3.8, 4) is 5.88 Å². The van der Waals surface area contributed by atoms with E-state index in [0.29, 0.717) is 18.2 Å². The third kappa shape index (κ3) is 3.37. The van der Waals surface area contributed by atoms with Crippen LogP contribution in [0.25, 0.3) is 0 Å². The summed E-state index contributed by atoms with van der Waals surface area (Å²) in [5, 5.41) is 0. The number of methoxy groups -OCH3 is 2. The molecule has 0 N–H and O–H groups in total. The average molecular weight is 279 g/mol. The highest BCUT2D eigenvalue weighted by molar-refractivity contribution is 5.70. The monoisotopic (exact) mass is 279 g/mol. The Morgan fingerprint density at radius 2 is 2.20 bits per heavy atom. The average Bonchev–Trinajstić information content (AvgIpc) is 2.47. The first-order valence-electron chi connectivity index (χ1n) is 6.87. The number of aryl methyl sites for hydroxylation is 1. The van der Waals surface area contributed by atoms with Gasteiger partial charge in [0.25, 0.3) is 0 Å². The first-order chi connectivity index (χ1) is 9.63. The van der Waals surface area contributed by atoms with Crippen molar-refractivity contribution in [2.75, 3.05) is 25.7 Å². The minimum atomic E-state index is -0.193. The molecule has 20 heavy (non-hydrogen) atoms. The zero-order chi connectivity index (χ0) is 14.5. The van der Waals surface area contributed by atoms with Crippen LogP contribution < -0.4 is 9.64 Å². The van der Waals surface area contributed by atoms with Crippen LogP contribution in [0.15, 0.2) is 6.07 Å². The highest BCUT2D eigenvalue weighted by atomic mass is 16.5. The molecule has 6 nitrogen and oxygen atoms in total. The molecular weight excluding hydrogens is 258 g/mol. The van der Waals surface area contributed by atoms with Crippen LogP contribution in [0, 0.1) is 6.92 Å². The summed E-state index contributed by atoms with van der Waals surface area (Å²) in [6.07, 6.45) is 3.52. The van der Waals surface area contributed by atoms with Gasteiger partial charge in [-0.3, -0.25) is 4.79 Å². The topological polar surface area (TPSA) is 64.5 Å². The first kappa shape index (κ1) is 14.6. The first-order valence-corrected chi connectivity index (χ1v) is 6.87. The number of carbonyl (C=O) groups excluding carboxylic acids is 1. The fourth-order valence-corrected chi connectivity index (χ4v) is 2.51. The van der Waals surface area contributed by atoms with Crippen molar-refractivity contribution >= 4 is 11.9 Å². The van der Waals surface area contributed by atoms with Crippen LogP contribution >= 0.6 is 0 Å². The second-order valence-corrected chi connectivity index (χ2v) is 4.97. The number of carbonyl (C=O) groups is 1. The molecule has 1 aliphatic rings. The van der Waals surface area contributed by atoms with E-state index in [1.807, 2.05) is 6.92 Å². The zero-order valence-electron chi connectivity index (χ0n) is 12.3. The molecule has 6 heteroatoms. The second-order valence-electron chi connectivity index (χ2n) is 4.97. The van der Waals surface area contributed by atoms with Gasteiger partial charge < -0.3 is 14.4 Å². The smallest absolute Gasteiger partial charge is 0.307 e. The molecule has 0 amide bonds. The Morgan fingerprint density at radius 1 is 1.40 bits per heavy atom. The van der Waals surface area contributed by atoms with Gasteiger partial charge in [0.15, 0.2) is 0 Å². The van der Waals surface area contributed by atoms with Crippen molar-refractivity contribution in [2.45, 2.75) is 38.6 Å². The van der Waals surface area contributed by atoms with Crippen molar-refractivity contribution in [3.63, 3.8) is 0 Å². The third-order valence-electron chi connectivity index (χ3n) is 3.54. The van der Waals surface area contributed by atoms with E-state index in [9.17, 15) is 4.79 Å². The number of hydrogen-bond acceptors (Lipinski definition) is 6. The molecule has 1 unspecified atom stereocenters. The molecule has 2 heterocycles. The molecule has 1 saturated heterocycles. The van der Waals surface area contributed by atoms with E-state index < -0.39 is 0 Å². The van der Waals surface area contributed by atoms with Gasteiger partial charge in [-0.2, -0.15) is 4.98 Å². The SMILES string of the molecule is COC(=O)CC1CCCCN1c1nc(C)cc(OC)n1. The summed E-state index contributed by atoms with van der Waals surface area (Å²) in [7, 11) is 3.01. The predicted molar refractivity (Wildman–Crippen MR) is 74.9 cm³/mol. The molecule has 0 bridgehead atoms. The number of aromatic nitrogens is 2. The van der Waals surface area contributed by atoms with Gasteiger partial charge in [-0.1, -0.05) is 0 Å². The Hall–Kier alpha value is -1.85. The van der Waals surface area contributed by atoms with Crippen molar-refractivity contribution in [2.24, 2.45) is 0 Å².